The fourth-order valence-electron chi connectivity index (χ4n) is 1.68. The molecule has 0 saturated carbocycles. The van der Waals surface area contributed by atoms with Gasteiger partial charge in [-0.2, -0.15) is 0 Å². The van der Waals surface area contributed by atoms with Crippen LogP contribution in [0.5, 0.6) is 0 Å². The Bertz CT molecular complexity index is 665. The summed E-state index contributed by atoms with van der Waals surface area (Å²) in [6, 6.07) is 8.86. The van der Waals surface area contributed by atoms with E-state index >= 15 is 0 Å². The Balaban J connectivity index is 2.44. The summed E-state index contributed by atoms with van der Waals surface area (Å²) in [5.41, 5.74) is 1.31. The molecule has 0 spiro atoms. The summed E-state index contributed by atoms with van der Waals surface area (Å²) in [6.07, 6.45) is 7.06. The van der Waals surface area contributed by atoms with E-state index < -0.39 is 10.3 Å². The summed E-state index contributed by atoms with van der Waals surface area (Å²) >= 11 is 0. The zero-order chi connectivity index (χ0) is 14.0. The molecule has 0 bridgehead atoms. The van der Waals surface area contributed by atoms with Crippen molar-refractivity contribution in [2.75, 3.05) is 0 Å². The highest BCUT2D eigenvalue weighted by Crippen LogP contribution is 2.24. The second-order valence-electron chi connectivity index (χ2n) is 4.70. The number of hydrogen-bond acceptors (Lipinski definition) is 3. The van der Waals surface area contributed by atoms with Crippen LogP contribution in [0.2, 0.25) is 0 Å². The third-order valence-electron chi connectivity index (χ3n) is 2.96. The quantitative estimate of drug-likeness (QED) is 0.481. The average molecular weight is 255 g/mol. The molecule has 2 aromatic rings. The average Bonchev–Trinajstić information content (AvgIpc) is 2.89. The summed E-state index contributed by atoms with van der Waals surface area (Å²) in [4.78, 5) is 10.1. The van der Waals surface area contributed by atoms with E-state index in [1.165, 1.54) is 10.7 Å². The SMILES string of the molecule is C#CC(C)(C)c1cccc(-n2ccc([N+](=O)[O-])n2)c1. The first-order valence-electron chi connectivity index (χ1n) is 5.73. The van der Waals surface area contributed by atoms with Crippen molar-refractivity contribution in [3.63, 3.8) is 0 Å². The van der Waals surface area contributed by atoms with Gasteiger partial charge in [0.25, 0.3) is 0 Å². The van der Waals surface area contributed by atoms with E-state index in [9.17, 15) is 10.1 Å². The van der Waals surface area contributed by atoms with Crippen LogP contribution in [0.25, 0.3) is 5.69 Å². The summed E-state index contributed by atoms with van der Waals surface area (Å²) in [5, 5.41) is 14.5. The van der Waals surface area contributed by atoms with Crippen molar-refractivity contribution < 1.29 is 4.92 Å². The van der Waals surface area contributed by atoms with Gasteiger partial charge >= 0.3 is 5.82 Å². The maximum absolute atomic E-state index is 10.6. The Morgan fingerprint density at radius 1 is 1.42 bits per heavy atom. The van der Waals surface area contributed by atoms with Gasteiger partial charge in [-0.25, -0.2) is 0 Å². The molecule has 5 heteroatoms. The molecule has 1 heterocycles. The second kappa shape index (κ2) is 4.58. The number of hydrogen-bond donors (Lipinski definition) is 0. The monoisotopic (exact) mass is 255 g/mol. The minimum Gasteiger partial charge on any atom is -0.358 e. The van der Waals surface area contributed by atoms with Gasteiger partial charge in [-0.3, -0.25) is 0 Å². The van der Waals surface area contributed by atoms with Crippen molar-refractivity contribution in [1.29, 1.82) is 0 Å². The first-order chi connectivity index (χ1) is 8.94. The molecule has 2 rings (SSSR count). The molecule has 0 aliphatic rings. The zero-order valence-corrected chi connectivity index (χ0v) is 10.7. The zero-order valence-electron chi connectivity index (χ0n) is 10.7. The van der Waals surface area contributed by atoms with Gasteiger partial charge in [0.15, 0.2) is 0 Å². The molecule has 5 nitrogen and oxygen atoms in total. The maximum Gasteiger partial charge on any atom is 0.390 e. The Kier molecular flexibility index (Phi) is 3.09. The van der Waals surface area contributed by atoms with Crippen molar-refractivity contribution in [2.24, 2.45) is 0 Å². The summed E-state index contributed by atoms with van der Waals surface area (Å²) in [5.74, 6) is 2.54. The van der Waals surface area contributed by atoms with E-state index in [0.717, 1.165) is 11.3 Å². The number of aromatic nitrogens is 2. The normalized spacial score (nSPS) is 11.0. The topological polar surface area (TPSA) is 61.0 Å². The van der Waals surface area contributed by atoms with E-state index in [4.69, 9.17) is 6.42 Å². The highest BCUT2D eigenvalue weighted by Gasteiger charge is 2.19. The number of terminal acetylenes is 1. The lowest BCUT2D eigenvalue weighted by atomic mass is 9.85. The van der Waals surface area contributed by atoms with Crippen LogP contribution >= 0.6 is 0 Å². The minimum atomic E-state index is -0.522. The lowest BCUT2D eigenvalue weighted by Crippen LogP contribution is -2.14. The predicted octanol–water partition coefficient (Wildman–Crippen LogP) is 2.69. The molecule has 0 fully saturated rings. The van der Waals surface area contributed by atoms with Crippen LogP contribution in [0.4, 0.5) is 5.82 Å². The Morgan fingerprint density at radius 3 is 2.74 bits per heavy atom. The molecule has 96 valence electrons. The van der Waals surface area contributed by atoms with Crippen LogP contribution in [-0.2, 0) is 5.41 Å². The molecule has 19 heavy (non-hydrogen) atoms. The van der Waals surface area contributed by atoms with Gasteiger partial charge in [0.1, 0.15) is 0 Å². The van der Waals surface area contributed by atoms with Crippen molar-refractivity contribution >= 4 is 5.82 Å². The van der Waals surface area contributed by atoms with Gasteiger partial charge in [-0.15, -0.1) is 11.1 Å². The van der Waals surface area contributed by atoms with Crippen molar-refractivity contribution in [3.05, 3.63) is 52.2 Å². The summed E-state index contributed by atoms with van der Waals surface area (Å²) < 4.78 is 1.47. The molecule has 0 radical (unpaired) electrons. The Morgan fingerprint density at radius 2 is 2.16 bits per heavy atom. The fraction of sp³-hybridized carbons (Fsp3) is 0.214. The minimum absolute atomic E-state index is 0.179. The first kappa shape index (κ1) is 12.8. The molecule has 0 unspecified atom stereocenters. The molecular formula is C14H13N3O2. The number of rotatable bonds is 3. The van der Waals surface area contributed by atoms with Crippen LogP contribution in [0, 0.1) is 22.5 Å². The van der Waals surface area contributed by atoms with Gasteiger partial charge < -0.3 is 10.1 Å². The third-order valence-corrected chi connectivity index (χ3v) is 2.96. The molecule has 0 saturated heterocycles. The van der Waals surface area contributed by atoms with Crippen molar-refractivity contribution in [1.82, 2.24) is 9.78 Å². The highest BCUT2D eigenvalue weighted by molar-refractivity contribution is 5.42. The van der Waals surface area contributed by atoms with E-state index in [-0.39, 0.29) is 5.82 Å². The van der Waals surface area contributed by atoms with Gasteiger partial charge in [-0.1, -0.05) is 18.1 Å². The summed E-state index contributed by atoms with van der Waals surface area (Å²) in [6.45, 7) is 3.88. The Hall–Kier alpha value is -2.61. The van der Waals surface area contributed by atoms with E-state index in [2.05, 4.69) is 11.0 Å². The fourth-order valence-corrected chi connectivity index (χ4v) is 1.68. The molecular weight excluding hydrogens is 242 g/mol. The third kappa shape index (κ3) is 2.47. The molecule has 1 aromatic heterocycles. The molecule has 0 aliphatic carbocycles. The molecule has 0 amide bonds. The van der Waals surface area contributed by atoms with Gasteiger partial charge in [0.2, 0.25) is 0 Å². The highest BCUT2D eigenvalue weighted by atomic mass is 16.6. The second-order valence-corrected chi connectivity index (χ2v) is 4.70. The van der Waals surface area contributed by atoms with Gasteiger partial charge in [-0.05, 0) is 36.5 Å². The van der Waals surface area contributed by atoms with Crippen molar-refractivity contribution in [2.45, 2.75) is 19.3 Å². The van der Waals surface area contributed by atoms with Crippen LogP contribution in [0.15, 0.2) is 36.5 Å². The molecule has 1 aromatic carbocycles. The van der Waals surface area contributed by atoms with Gasteiger partial charge in [0.05, 0.1) is 28.5 Å². The van der Waals surface area contributed by atoms with Crippen LogP contribution in [0.3, 0.4) is 0 Å². The number of nitro groups is 1. The summed E-state index contributed by atoms with van der Waals surface area (Å²) in [7, 11) is 0. The largest absolute Gasteiger partial charge is 0.390 e. The number of nitrogens with zero attached hydrogens (tertiary/aromatic N) is 3. The Labute approximate surface area is 111 Å². The van der Waals surface area contributed by atoms with E-state index in [1.807, 2.05) is 38.1 Å². The van der Waals surface area contributed by atoms with Gasteiger partial charge in [0, 0.05) is 0 Å². The van der Waals surface area contributed by atoms with Crippen LogP contribution in [-0.4, -0.2) is 14.7 Å². The van der Waals surface area contributed by atoms with E-state index in [0.29, 0.717) is 0 Å². The number of benzene rings is 1. The van der Waals surface area contributed by atoms with Crippen LogP contribution < -0.4 is 0 Å². The molecule has 0 atom stereocenters. The lowest BCUT2D eigenvalue weighted by molar-refractivity contribution is -0.389. The predicted molar refractivity (Wildman–Crippen MR) is 72.1 cm³/mol. The van der Waals surface area contributed by atoms with Crippen LogP contribution in [0.1, 0.15) is 19.4 Å². The standard InChI is InChI=1S/C14H13N3O2/c1-4-14(2,3)11-6-5-7-12(10-11)16-9-8-13(15-16)17(18)19/h1,5-10H,2-3H3. The molecule has 0 N–H and O–H groups in total. The molecule has 0 aliphatic heterocycles. The first-order valence-corrected chi connectivity index (χ1v) is 5.73. The van der Waals surface area contributed by atoms with E-state index in [1.54, 1.807) is 6.20 Å². The lowest BCUT2D eigenvalue weighted by Gasteiger charge is -2.18. The maximum atomic E-state index is 10.6. The van der Waals surface area contributed by atoms with Crippen molar-refractivity contribution in [3.8, 4) is 18.0 Å². The smallest absolute Gasteiger partial charge is 0.358 e.